The smallest absolute Gasteiger partial charge is 0.115 e. The van der Waals surface area contributed by atoms with Crippen molar-refractivity contribution in [3.63, 3.8) is 0 Å². The Bertz CT molecular complexity index is 454. The van der Waals surface area contributed by atoms with Gasteiger partial charge in [-0.15, -0.1) is 0 Å². The molecule has 3 nitrogen and oxygen atoms in total. The third kappa shape index (κ3) is 2.44. The van der Waals surface area contributed by atoms with Gasteiger partial charge in [-0.05, 0) is 24.5 Å². The van der Waals surface area contributed by atoms with Crippen LogP contribution in [-0.4, -0.2) is 9.97 Å². The highest BCUT2D eigenvalue weighted by Gasteiger charge is 2.08. The van der Waals surface area contributed by atoms with Crippen LogP contribution in [0.25, 0.3) is 0 Å². The molecule has 0 saturated carbocycles. The lowest BCUT2D eigenvalue weighted by atomic mass is 9.98. The number of rotatable bonds is 3. The molecule has 16 heavy (non-hydrogen) atoms. The minimum absolute atomic E-state index is 0.0395. The van der Waals surface area contributed by atoms with Gasteiger partial charge in [0.1, 0.15) is 6.33 Å². The Morgan fingerprint density at radius 2 is 1.88 bits per heavy atom. The van der Waals surface area contributed by atoms with E-state index < -0.39 is 0 Å². The lowest BCUT2D eigenvalue weighted by Crippen LogP contribution is -2.14. The Kier molecular flexibility index (Phi) is 3.27. The summed E-state index contributed by atoms with van der Waals surface area (Å²) in [5, 5.41) is 0. The standard InChI is InChI=1S/C13H15N3/c1-10-4-2-3-5-11(10)6-13(14)12-7-15-9-16-8-12/h2-5,7-9,13H,6,14H2,1H3. The second-order valence-electron chi connectivity index (χ2n) is 3.91. The van der Waals surface area contributed by atoms with E-state index in [0.717, 1.165) is 12.0 Å². The van der Waals surface area contributed by atoms with Gasteiger partial charge in [0, 0.05) is 24.0 Å². The summed E-state index contributed by atoms with van der Waals surface area (Å²) >= 11 is 0. The van der Waals surface area contributed by atoms with Crippen molar-refractivity contribution < 1.29 is 0 Å². The number of benzene rings is 1. The van der Waals surface area contributed by atoms with Crippen molar-refractivity contribution in [2.24, 2.45) is 5.73 Å². The van der Waals surface area contributed by atoms with Crippen molar-refractivity contribution in [1.82, 2.24) is 9.97 Å². The topological polar surface area (TPSA) is 51.8 Å². The second-order valence-corrected chi connectivity index (χ2v) is 3.91. The third-order valence-electron chi connectivity index (χ3n) is 2.71. The van der Waals surface area contributed by atoms with E-state index in [0.29, 0.717) is 0 Å². The SMILES string of the molecule is Cc1ccccc1CC(N)c1cncnc1. The zero-order valence-corrected chi connectivity index (χ0v) is 9.30. The molecule has 0 fully saturated rings. The lowest BCUT2D eigenvalue weighted by Gasteiger charge is -2.12. The van der Waals surface area contributed by atoms with Gasteiger partial charge in [0.25, 0.3) is 0 Å². The molecule has 0 radical (unpaired) electrons. The van der Waals surface area contributed by atoms with Crippen LogP contribution in [0.15, 0.2) is 43.0 Å². The summed E-state index contributed by atoms with van der Waals surface area (Å²) in [6, 6.07) is 8.25. The van der Waals surface area contributed by atoms with Crippen molar-refractivity contribution >= 4 is 0 Å². The molecule has 1 aromatic carbocycles. The van der Waals surface area contributed by atoms with Crippen LogP contribution < -0.4 is 5.73 Å². The molecule has 1 atom stereocenters. The van der Waals surface area contributed by atoms with Crippen LogP contribution in [0.4, 0.5) is 0 Å². The molecule has 1 aromatic heterocycles. The lowest BCUT2D eigenvalue weighted by molar-refractivity contribution is 0.710. The molecule has 0 bridgehead atoms. The molecule has 2 N–H and O–H groups in total. The molecular weight excluding hydrogens is 198 g/mol. The van der Waals surface area contributed by atoms with Gasteiger partial charge >= 0.3 is 0 Å². The number of nitrogens with two attached hydrogens (primary N) is 1. The first-order valence-electron chi connectivity index (χ1n) is 5.32. The molecule has 2 rings (SSSR count). The highest BCUT2D eigenvalue weighted by atomic mass is 14.8. The molecule has 2 aromatic rings. The van der Waals surface area contributed by atoms with Crippen LogP contribution in [0.3, 0.4) is 0 Å². The first kappa shape index (κ1) is 10.8. The van der Waals surface area contributed by atoms with Crippen molar-refractivity contribution in [1.29, 1.82) is 0 Å². The Hall–Kier alpha value is -1.74. The molecule has 0 aliphatic carbocycles. The summed E-state index contributed by atoms with van der Waals surface area (Å²) in [5.41, 5.74) is 9.64. The highest BCUT2D eigenvalue weighted by Crippen LogP contribution is 2.16. The van der Waals surface area contributed by atoms with Crippen LogP contribution in [0.5, 0.6) is 0 Å². The van der Waals surface area contributed by atoms with Gasteiger partial charge < -0.3 is 5.73 Å². The molecule has 0 spiro atoms. The van der Waals surface area contributed by atoms with Crippen molar-refractivity contribution in [3.8, 4) is 0 Å². The summed E-state index contributed by atoms with van der Waals surface area (Å²) in [7, 11) is 0. The second kappa shape index (κ2) is 4.86. The predicted molar refractivity (Wildman–Crippen MR) is 63.8 cm³/mol. The van der Waals surface area contributed by atoms with Gasteiger partial charge in [0.2, 0.25) is 0 Å². The summed E-state index contributed by atoms with van der Waals surface area (Å²) in [6.07, 6.45) is 5.88. The Balaban J connectivity index is 2.14. The van der Waals surface area contributed by atoms with Crippen LogP contribution in [0.1, 0.15) is 22.7 Å². The van der Waals surface area contributed by atoms with Crippen LogP contribution in [0.2, 0.25) is 0 Å². The molecule has 0 aliphatic heterocycles. The maximum atomic E-state index is 6.12. The van der Waals surface area contributed by atoms with E-state index in [1.807, 2.05) is 12.1 Å². The monoisotopic (exact) mass is 213 g/mol. The Labute approximate surface area is 95.4 Å². The predicted octanol–water partition coefficient (Wildman–Crippen LogP) is 2.03. The van der Waals surface area contributed by atoms with E-state index in [2.05, 4.69) is 29.0 Å². The average molecular weight is 213 g/mol. The van der Waals surface area contributed by atoms with Crippen molar-refractivity contribution in [3.05, 3.63) is 59.7 Å². The molecular formula is C13H15N3. The highest BCUT2D eigenvalue weighted by molar-refractivity contribution is 5.27. The molecule has 3 heteroatoms. The average Bonchev–Trinajstić information content (AvgIpc) is 2.33. The van der Waals surface area contributed by atoms with E-state index in [4.69, 9.17) is 5.73 Å². The number of aryl methyl sites for hydroxylation is 1. The molecule has 0 amide bonds. The molecule has 1 unspecified atom stereocenters. The summed E-state index contributed by atoms with van der Waals surface area (Å²) in [6.45, 7) is 2.10. The summed E-state index contributed by atoms with van der Waals surface area (Å²) in [5.74, 6) is 0. The van der Waals surface area contributed by atoms with Gasteiger partial charge in [0.15, 0.2) is 0 Å². The quantitative estimate of drug-likeness (QED) is 0.848. The summed E-state index contributed by atoms with van der Waals surface area (Å²) < 4.78 is 0. The van der Waals surface area contributed by atoms with Crippen molar-refractivity contribution in [2.45, 2.75) is 19.4 Å². The zero-order chi connectivity index (χ0) is 11.4. The van der Waals surface area contributed by atoms with Gasteiger partial charge in [-0.25, -0.2) is 9.97 Å². The van der Waals surface area contributed by atoms with E-state index >= 15 is 0 Å². The largest absolute Gasteiger partial charge is 0.324 e. The molecule has 0 aliphatic rings. The van der Waals surface area contributed by atoms with Gasteiger partial charge in [-0.2, -0.15) is 0 Å². The van der Waals surface area contributed by atoms with Gasteiger partial charge in [-0.1, -0.05) is 24.3 Å². The fourth-order valence-electron chi connectivity index (χ4n) is 1.70. The maximum Gasteiger partial charge on any atom is 0.115 e. The molecule has 1 heterocycles. The van der Waals surface area contributed by atoms with Crippen LogP contribution in [-0.2, 0) is 6.42 Å². The minimum Gasteiger partial charge on any atom is -0.324 e. The fourth-order valence-corrected chi connectivity index (χ4v) is 1.70. The van der Waals surface area contributed by atoms with Crippen LogP contribution in [0, 0.1) is 6.92 Å². The fraction of sp³-hybridized carbons (Fsp3) is 0.231. The number of aromatic nitrogens is 2. The van der Waals surface area contributed by atoms with E-state index in [1.165, 1.54) is 17.5 Å². The van der Waals surface area contributed by atoms with Gasteiger partial charge in [-0.3, -0.25) is 0 Å². The third-order valence-corrected chi connectivity index (χ3v) is 2.71. The van der Waals surface area contributed by atoms with Gasteiger partial charge in [0.05, 0.1) is 0 Å². The van der Waals surface area contributed by atoms with E-state index in [1.54, 1.807) is 12.4 Å². The normalized spacial score (nSPS) is 12.4. The minimum atomic E-state index is -0.0395. The first-order chi connectivity index (χ1) is 7.77. The summed E-state index contributed by atoms with van der Waals surface area (Å²) in [4.78, 5) is 7.96. The molecule has 0 saturated heterocycles. The number of hydrogen-bond acceptors (Lipinski definition) is 3. The van der Waals surface area contributed by atoms with Crippen LogP contribution >= 0.6 is 0 Å². The zero-order valence-electron chi connectivity index (χ0n) is 9.30. The van der Waals surface area contributed by atoms with E-state index in [9.17, 15) is 0 Å². The van der Waals surface area contributed by atoms with E-state index in [-0.39, 0.29) is 6.04 Å². The Morgan fingerprint density at radius 3 is 2.56 bits per heavy atom. The maximum absolute atomic E-state index is 6.12. The van der Waals surface area contributed by atoms with Crippen molar-refractivity contribution in [2.75, 3.05) is 0 Å². The first-order valence-corrected chi connectivity index (χ1v) is 5.32. The Morgan fingerprint density at radius 1 is 1.19 bits per heavy atom. The molecule has 82 valence electrons. The number of hydrogen-bond donors (Lipinski definition) is 1. The number of nitrogens with zero attached hydrogens (tertiary/aromatic N) is 2.